The van der Waals surface area contributed by atoms with Crippen molar-refractivity contribution < 1.29 is 32.7 Å². The fraction of sp³-hybridized carbons (Fsp3) is 0.593. The number of rotatable bonds is 7. The lowest BCUT2D eigenvalue weighted by molar-refractivity contribution is -0.152. The van der Waals surface area contributed by atoms with Crippen LogP contribution in [-0.2, 0) is 11.0 Å². The van der Waals surface area contributed by atoms with Crippen LogP contribution in [0, 0.1) is 10.8 Å². The Kier molecular flexibility index (Phi) is 7.44. The molecule has 3 aliphatic carbocycles. The van der Waals surface area contributed by atoms with Crippen LogP contribution in [0.3, 0.4) is 0 Å². The standard InChI is InChI=1S/C27H29Cl2F3N4O4/c1-25(24(39)40)8-3-15(4-9-25)36-22(27(30,31)32)16(11-34-36)23(38)35(20-5-10-26(20)6-2-7-26)14-19(37)21-17(28)12-33-13-18(21)29/h11-13,15,20H,2-10,14H2,1H3,(H,39,40)/t15-,20-,25-/m0/s1. The SMILES string of the molecule is C[C@]1(C(=O)O)CC[C@H](n2ncc(C(=O)N(CC(=O)c3c(Cl)cncc3Cl)[C@H]3CCC34CCC4)c2C(F)(F)F)CC1. The molecule has 1 N–H and O–H groups in total. The van der Waals surface area contributed by atoms with Crippen molar-refractivity contribution in [2.75, 3.05) is 6.54 Å². The van der Waals surface area contributed by atoms with Gasteiger partial charge in [-0.1, -0.05) is 29.6 Å². The lowest BCUT2D eigenvalue weighted by atomic mass is 9.52. The summed E-state index contributed by atoms with van der Waals surface area (Å²) in [6.45, 7) is 1.09. The highest BCUT2D eigenvalue weighted by Crippen LogP contribution is 2.58. The number of carboxylic acids is 1. The van der Waals surface area contributed by atoms with E-state index in [2.05, 4.69) is 10.1 Å². The van der Waals surface area contributed by atoms with Crippen LogP contribution in [0.5, 0.6) is 0 Å². The molecule has 0 aliphatic heterocycles. The van der Waals surface area contributed by atoms with E-state index in [1.807, 2.05) is 0 Å². The fourth-order valence-corrected chi connectivity index (χ4v) is 7.12. The highest BCUT2D eigenvalue weighted by molar-refractivity contribution is 6.39. The third-order valence-electron chi connectivity index (χ3n) is 9.27. The number of amides is 1. The topological polar surface area (TPSA) is 105 Å². The maximum absolute atomic E-state index is 14.5. The van der Waals surface area contributed by atoms with Crippen LogP contribution in [0.1, 0.15) is 97.2 Å². The quantitative estimate of drug-likeness (QED) is 0.365. The second-order valence-electron chi connectivity index (χ2n) is 11.6. The first-order valence-corrected chi connectivity index (χ1v) is 14.0. The van der Waals surface area contributed by atoms with E-state index in [1.165, 1.54) is 17.3 Å². The maximum atomic E-state index is 14.5. The predicted molar refractivity (Wildman–Crippen MR) is 139 cm³/mol. The molecule has 1 amide bonds. The Morgan fingerprint density at radius 3 is 2.15 bits per heavy atom. The molecule has 2 aromatic heterocycles. The smallest absolute Gasteiger partial charge is 0.433 e. The van der Waals surface area contributed by atoms with Gasteiger partial charge < -0.3 is 10.0 Å². The summed E-state index contributed by atoms with van der Waals surface area (Å²) in [5.74, 6) is -2.50. The number of nitrogens with zero attached hydrogens (tertiary/aromatic N) is 4. The first-order chi connectivity index (χ1) is 18.8. The van der Waals surface area contributed by atoms with Crippen LogP contribution in [0.15, 0.2) is 18.6 Å². The van der Waals surface area contributed by atoms with Gasteiger partial charge in [-0.3, -0.25) is 24.0 Å². The number of alkyl halides is 3. The first kappa shape index (κ1) is 28.9. The molecule has 2 heterocycles. The number of ketones is 1. The van der Waals surface area contributed by atoms with Crippen molar-refractivity contribution in [3.63, 3.8) is 0 Å². The number of halogens is 5. The number of aromatic nitrogens is 3. The number of carboxylic acid groups (broad SMARTS) is 1. The number of hydrogen-bond acceptors (Lipinski definition) is 5. The Morgan fingerprint density at radius 1 is 1.05 bits per heavy atom. The first-order valence-electron chi connectivity index (χ1n) is 13.3. The van der Waals surface area contributed by atoms with E-state index >= 15 is 0 Å². The number of aliphatic carboxylic acids is 1. The second kappa shape index (κ2) is 10.3. The Labute approximate surface area is 238 Å². The van der Waals surface area contributed by atoms with Gasteiger partial charge in [0.2, 0.25) is 0 Å². The molecule has 1 spiro atoms. The number of carbonyl (C=O) groups is 3. The van der Waals surface area contributed by atoms with Crippen LogP contribution in [0.2, 0.25) is 10.0 Å². The average molecular weight is 601 g/mol. The van der Waals surface area contributed by atoms with Gasteiger partial charge in [0.1, 0.15) is 0 Å². The molecule has 0 bridgehead atoms. The largest absolute Gasteiger partial charge is 0.481 e. The summed E-state index contributed by atoms with van der Waals surface area (Å²) < 4.78 is 44.4. The zero-order chi connectivity index (χ0) is 29.0. The van der Waals surface area contributed by atoms with Gasteiger partial charge in [0.25, 0.3) is 5.91 Å². The number of hydrogen-bond donors (Lipinski definition) is 1. The molecule has 0 radical (unpaired) electrons. The summed E-state index contributed by atoms with van der Waals surface area (Å²) >= 11 is 12.3. The lowest BCUT2D eigenvalue weighted by Crippen LogP contribution is -2.61. The summed E-state index contributed by atoms with van der Waals surface area (Å²) in [4.78, 5) is 44.0. The number of carbonyl (C=O) groups excluding carboxylic acids is 2. The summed E-state index contributed by atoms with van der Waals surface area (Å²) in [6, 6.07) is -1.11. The van der Waals surface area contributed by atoms with E-state index in [-0.39, 0.29) is 46.7 Å². The van der Waals surface area contributed by atoms with E-state index in [9.17, 15) is 32.7 Å². The van der Waals surface area contributed by atoms with Crippen LogP contribution in [0.4, 0.5) is 13.2 Å². The fourth-order valence-electron chi connectivity index (χ4n) is 6.55. The molecule has 3 aliphatic rings. The van der Waals surface area contributed by atoms with E-state index in [0.29, 0.717) is 6.42 Å². The molecule has 8 nitrogen and oxygen atoms in total. The summed E-state index contributed by atoms with van der Waals surface area (Å²) in [5.41, 5.74) is -3.07. The summed E-state index contributed by atoms with van der Waals surface area (Å²) in [6.07, 6.45) is 3.26. The van der Waals surface area contributed by atoms with Gasteiger partial charge in [-0.15, -0.1) is 0 Å². The summed E-state index contributed by atoms with van der Waals surface area (Å²) in [7, 11) is 0. The van der Waals surface area contributed by atoms with Crippen molar-refractivity contribution in [3.05, 3.63) is 45.5 Å². The molecule has 3 saturated carbocycles. The van der Waals surface area contributed by atoms with Crippen molar-refractivity contribution in [3.8, 4) is 0 Å². The molecule has 3 fully saturated rings. The van der Waals surface area contributed by atoms with Gasteiger partial charge >= 0.3 is 12.1 Å². The van der Waals surface area contributed by atoms with E-state index < -0.39 is 59.1 Å². The predicted octanol–water partition coefficient (Wildman–Crippen LogP) is 6.47. The van der Waals surface area contributed by atoms with Crippen LogP contribution in [-0.4, -0.2) is 55.0 Å². The molecule has 2 aromatic rings. The highest BCUT2D eigenvalue weighted by Gasteiger charge is 2.55. The molecular formula is C27H29Cl2F3N4O4. The van der Waals surface area contributed by atoms with E-state index in [1.54, 1.807) is 6.92 Å². The zero-order valence-corrected chi connectivity index (χ0v) is 23.3. The van der Waals surface area contributed by atoms with Crippen molar-refractivity contribution in [2.24, 2.45) is 10.8 Å². The van der Waals surface area contributed by atoms with Crippen molar-refractivity contribution in [1.82, 2.24) is 19.7 Å². The third-order valence-corrected chi connectivity index (χ3v) is 9.84. The molecule has 0 unspecified atom stereocenters. The van der Waals surface area contributed by atoms with Gasteiger partial charge in [0.05, 0.1) is 45.4 Å². The Bertz CT molecular complexity index is 1320. The monoisotopic (exact) mass is 600 g/mol. The molecule has 13 heteroatoms. The normalized spacial score (nSPS) is 25.6. The van der Waals surface area contributed by atoms with Crippen LogP contribution in [0.25, 0.3) is 0 Å². The van der Waals surface area contributed by atoms with Crippen molar-refractivity contribution in [1.29, 1.82) is 0 Å². The lowest BCUT2D eigenvalue weighted by Gasteiger charge is -2.59. The minimum absolute atomic E-state index is 0.00803. The molecule has 5 rings (SSSR count). The van der Waals surface area contributed by atoms with Gasteiger partial charge in [0, 0.05) is 18.4 Å². The Hall–Kier alpha value is -2.66. The van der Waals surface area contributed by atoms with Crippen LogP contribution >= 0.6 is 23.2 Å². The van der Waals surface area contributed by atoms with Crippen LogP contribution < -0.4 is 0 Å². The molecule has 40 heavy (non-hydrogen) atoms. The van der Waals surface area contributed by atoms with E-state index in [0.717, 1.165) is 36.6 Å². The molecule has 216 valence electrons. The molecular weight excluding hydrogens is 572 g/mol. The minimum Gasteiger partial charge on any atom is -0.481 e. The van der Waals surface area contributed by atoms with Gasteiger partial charge in [0.15, 0.2) is 11.5 Å². The Balaban J connectivity index is 1.49. The summed E-state index contributed by atoms with van der Waals surface area (Å²) in [5, 5.41) is 13.5. The average Bonchev–Trinajstić information content (AvgIpc) is 3.28. The third kappa shape index (κ3) is 4.89. The second-order valence-corrected chi connectivity index (χ2v) is 12.4. The van der Waals surface area contributed by atoms with Gasteiger partial charge in [-0.2, -0.15) is 18.3 Å². The Morgan fingerprint density at radius 2 is 1.68 bits per heavy atom. The number of Topliss-reactive ketones (excluding diaryl/α,β-unsaturated/α-hetero) is 1. The molecule has 0 saturated heterocycles. The highest BCUT2D eigenvalue weighted by atomic mass is 35.5. The maximum Gasteiger partial charge on any atom is 0.433 e. The van der Waals surface area contributed by atoms with E-state index in [4.69, 9.17) is 23.2 Å². The minimum atomic E-state index is -4.91. The van der Waals surface area contributed by atoms with Gasteiger partial charge in [-0.05, 0) is 63.7 Å². The number of pyridine rings is 1. The van der Waals surface area contributed by atoms with Crippen molar-refractivity contribution in [2.45, 2.75) is 83.0 Å². The molecule has 0 aromatic carbocycles. The van der Waals surface area contributed by atoms with Gasteiger partial charge in [-0.25, -0.2) is 0 Å². The van der Waals surface area contributed by atoms with Crippen molar-refractivity contribution >= 4 is 40.9 Å². The molecule has 1 atom stereocenters. The zero-order valence-electron chi connectivity index (χ0n) is 21.8.